The molecule has 9 heterocycles. The Kier molecular flexibility index (Phi) is 21.6. The predicted molar refractivity (Wildman–Crippen MR) is 569 cm³/mol. The van der Waals surface area contributed by atoms with E-state index in [9.17, 15) is 0 Å². The van der Waals surface area contributed by atoms with Gasteiger partial charge < -0.3 is 13.3 Å². The summed E-state index contributed by atoms with van der Waals surface area (Å²) in [5.41, 5.74) is 27.9. The number of rotatable bonds is 15. The molecule has 660 valence electrons. The second-order valence-corrected chi connectivity index (χ2v) is 34.6. The first-order chi connectivity index (χ1) is 69.8. The van der Waals surface area contributed by atoms with Crippen LogP contribution in [0, 0.1) is 0 Å². The van der Waals surface area contributed by atoms with Gasteiger partial charge in [0, 0.05) is 130 Å². The van der Waals surface area contributed by atoms with Crippen LogP contribution in [0.2, 0.25) is 0 Å². The summed E-state index contributed by atoms with van der Waals surface area (Å²) in [6.07, 6.45) is 9.16. The van der Waals surface area contributed by atoms with Crippen molar-refractivity contribution in [3.05, 3.63) is 474 Å². The van der Waals surface area contributed by atoms with Crippen LogP contribution in [-0.2, 0) is 0 Å². The van der Waals surface area contributed by atoms with E-state index in [-0.39, 0.29) is 0 Å². The minimum Gasteiger partial charge on any atom is -0.456 e. The van der Waals surface area contributed by atoms with Gasteiger partial charge in [-0.15, -0.1) is 0 Å². The molecule has 0 bridgehead atoms. The highest BCUT2D eigenvalue weighted by Crippen LogP contribution is 2.44. The van der Waals surface area contributed by atoms with Crippen LogP contribution in [0.1, 0.15) is 0 Å². The maximum atomic E-state index is 6.35. The van der Waals surface area contributed by atoms with Crippen molar-refractivity contribution in [2.75, 3.05) is 0 Å². The molecule has 15 heteroatoms. The number of benzene rings is 18. The molecule has 0 radical (unpaired) electrons. The van der Waals surface area contributed by atoms with Gasteiger partial charge in [0.05, 0.1) is 5.52 Å². The van der Waals surface area contributed by atoms with E-state index in [1.807, 2.05) is 207 Å². The van der Waals surface area contributed by atoms with Gasteiger partial charge in [0.15, 0.2) is 52.4 Å². The summed E-state index contributed by atoms with van der Waals surface area (Å²) in [7, 11) is 0. The van der Waals surface area contributed by atoms with E-state index in [4.69, 9.17) is 58.1 Å². The largest absolute Gasteiger partial charge is 0.456 e. The van der Waals surface area contributed by atoms with E-state index in [2.05, 4.69) is 276 Å². The molecule has 0 aliphatic rings. The van der Waals surface area contributed by atoms with Gasteiger partial charge in [-0.2, -0.15) is 0 Å². The quantitative estimate of drug-likeness (QED) is 0.0940. The Balaban J connectivity index is 0.000000111. The molecule has 0 aliphatic carbocycles. The molecule has 15 nitrogen and oxygen atoms in total. The number of hydrogen-bond donors (Lipinski definition) is 0. The van der Waals surface area contributed by atoms with E-state index in [0.717, 1.165) is 182 Å². The van der Waals surface area contributed by atoms with Crippen LogP contribution in [-0.4, -0.2) is 59.8 Å². The fourth-order valence-corrected chi connectivity index (χ4v) is 18.7. The maximum Gasteiger partial charge on any atom is 0.164 e. The summed E-state index contributed by atoms with van der Waals surface area (Å²) in [4.78, 5) is 58.4. The Labute approximate surface area is 809 Å². The Hall–Kier alpha value is -19.4. The van der Waals surface area contributed by atoms with Gasteiger partial charge in [0.25, 0.3) is 0 Å². The predicted octanol–water partition coefficient (Wildman–Crippen LogP) is 32.0. The monoisotopic (exact) mass is 1810 g/mol. The molecular weight excluding hydrogens is 1730 g/mol. The van der Waals surface area contributed by atoms with E-state index in [1.165, 1.54) is 33.4 Å². The maximum absolute atomic E-state index is 6.35. The number of furan rings is 3. The molecule has 141 heavy (non-hydrogen) atoms. The summed E-state index contributed by atoms with van der Waals surface area (Å²) >= 11 is 0. The number of aromatic nitrogens is 12. The highest BCUT2D eigenvalue weighted by Gasteiger charge is 2.25. The van der Waals surface area contributed by atoms with Gasteiger partial charge in [0.2, 0.25) is 0 Å². The standard InChI is InChI=1S/3C42H26N4O/c1-3-9-27(10-4-1)28-16-18-29(19-17-28)30-20-22-32(23-21-30)41-44-40(31-11-5-2-6-12-31)45-42(46-41)34-14-7-15-37-39(34)35-26-36-33(13-8-24-43-36)25-38(35)47-37;1-3-8-27(9-4-1)28-14-16-29(17-15-28)30-18-20-32(21-19-30)41-44-40(31-10-5-2-6-11-31)45-42(46-41)35-12-7-13-37-39(35)36-24-34-26-43-23-22-33(34)25-38(36)47-37;1-3-8-27(9-4-1)28-14-16-29(17-15-28)30-18-20-32(21-19-30)41-44-40(31-10-5-2-6-11-31)45-42(46-41)35-12-7-13-37-39(35)36-24-33-22-23-43-26-34(33)25-38(36)47-37/h3*1-26H. The molecule has 0 amide bonds. The summed E-state index contributed by atoms with van der Waals surface area (Å²) in [6, 6.07) is 151. The molecule has 9 aromatic heterocycles. The Bertz CT molecular complexity index is 8490. The minimum atomic E-state index is 0.587. The van der Waals surface area contributed by atoms with Crippen LogP contribution in [0.15, 0.2) is 487 Å². The van der Waals surface area contributed by atoms with Crippen molar-refractivity contribution >= 4 is 98.3 Å². The molecule has 27 aromatic rings. The lowest BCUT2D eigenvalue weighted by molar-refractivity contribution is 0.669. The number of nitrogens with zero attached hydrogens (tertiary/aromatic N) is 12. The van der Waals surface area contributed by atoms with Gasteiger partial charge in [-0.05, 0) is 150 Å². The van der Waals surface area contributed by atoms with Crippen molar-refractivity contribution in [2.45, 2.75) is 0 Å². The molecule has 0 atom stereocenters. The molecular formula is C126H78N12O3. The third kappa shape index (κ3) is 16.6. The van der Waals surface area contributed by atoms with Crippen LogP contribution < -0.4 is 0 Å². The molecule has 27 rings (SSSR count). The second kappa shape index (κ2) is 36.4. The third-order valence-corrected chi connectivity index (χ3v) is 25.9. The van der Waals surface area contributed by atoms with E-state index in [1.54, 1.807) is 6.20 Å². The van der Waals surface area contributed by atoms with Crippen LogP contribution in [0.25, 0.3) is 268 Å². The Morgan fingerprint density at radius 1 is 0.149 bits per heavy atom. The molecule has 0 spiro atoms. The smallest absolute Gasteiger partial charge is 0.164 e. The highest BCUT2D eigenvalue weighted by molar-refractivity contribution is 6.18. The van der Waals surface area contributed by atoms with Gasteiger partial charge in [-0.25, -0.2) is 44.9 Å². The topological polar surface area (TPSA) is 194 Å². The second-order valence-electron chi connectivity index (χ2n) is 34.6. The molecule has 0 unspecified atom stereocenters. The van der Waals surface area contributed by atoms with Gasteiger partial charge in [-0.1, -0.05) is 370 Å². The summed E-state index contributed by atoms with van der Waals surface area (Å²) in [6.45, 7) is 0. The highest BCUT2D eigenvalue weighted by atomic mass is 16.3. The third-order valence-electron chi connectivity index (χ3n) is 25.9. The Morgan fingerprint density at radius 2 is 0.383 bits per heavy atom. The molecule has 0 saturated carbocycles. The van der Waals surface area contributed by atoms with Crippen molar-refractivity contribution in [1.82, 2.24) is 59.8 Å². The SMILES string of the molecule is c1ccc(-c2ccc(-c3ccc(-c4nc(-c5ccccc5)nc(-c5cccc6oc7cc8cccnc8cc7c56)n4)cc3)cc2)cc1.c1ccc(-c2ccc(-c3ccc(-c4nc(-c5ccccc5)nc(-c5cccc6oc7cc8ccncc8cc7c56)n4)cc3)cc2)cc1.c1ccc(-c2ccc(-c3ccc(-c4nc(-c5ccccc5)nc(-c5cccc6oc7cc8cnccc8cc7c56)n4)cc3)cc2)cc1. The van der Waals surface area contributed by atoms with Crippen molar-refractivity contribution in [3.63, 3.8) is 0 Å². The summed E-state index contributed by atoms with van der Waals surface area (Å²) in [5.74, 6) is 5.45. The van der Waals surface area contributed by atoms with Crippen LogP contribution >= 0.6 is 0 Å². The molecule has 0 N–H and O–H groups in total. The Morgan fingerprint density at radius 3 is 0.695 bits per heavy atom. The van der Waals surface area contributed by atoms with Crippen molar-refractivity contribution < 1.29 is 13.3 Å². The lowest BCUT2D eigenvalue weighted by Crippen LogP contribution is -2.00. The minimum absolute atomic E-state index is 0.587. The zero-order valence-corrected chi connectivity index (χ0v) is 75.6. The zero-order valence-electron chi connectivity index (χ0n) is 75.6. The average molecular weight is 1810 g/mol. The van der Waals surface area contributed by atoms with Crippen molar-refractivity contribution in [1.29, 1.82) is 0 Å². The molecule has 0 saturated heterocycles. The van der Waals surface area contributed by atoms with Crippen molar-refractivity contribution in [2.24, 2.45) is 0 Å². The van der Waals surface area contributed by atoms with Gasteiger partial charge in [-0.3, -0.25) is 15.0 Å². The normalized spacial score (nSPS) is 11.4. The van der Waals surface area contributed by atoms with E-state index >= 15 is 0 Å². The fraction of sp³-hybridized carbons (Fsp3) is 0. The fourth-order valence-electron chi connectivity index (χ4n) is 18.7. The average Bonchev–Trinajstić information content (AvgIpc) is 1.61. The number of pyridine rings is 3. The number of fused-ring (bicyclic) bond motifs is 12. The van der Waals surface area contributed by atoms with Crippen LogP contribution in [0.5, 0.6) is 0 Å². The molecule has 0 aliphatic heterocycles. The summed E-state index contributed by atoms with van der Waals surface area (Å²) < 4.78 is 19.0. The lowest BCUT2D eigenvalue weighted by atomic mass is 9.99. The zero-order chi connectivity index (χ0) is 93.5. The van der Waals surface area contributed by atoms with E-state index in [0.29, 0.717) is 52.4 Å². The molecule has 0 fully saturated rings. The van der Waals surface area contributed by atoms with Crippen LogP contribution in [0.4, 0.5) is 0 Å². The summed E-state index contributed by atoms with van der Waals surface area (Å²) in [5, 5.41) is 11.2. The van der Waals surface area contributed by atoms with Gasteiger partial charge >= 0.3 is 0 Å². The first-order valence-corrected chi connectivity index (χ1v) is 46.6. The van der Waals surface area contributed by atoms with Crippen LogP contribution in [0.3, 0.4) is 0 Å². The van der Waals surface area contributed by atoms with Crippen molar-refractivity contribution in [3.8, 4) is 169 Å². The van der Waals surface area contributed by atoms with Gasteiger partial charge in [0.1, 0.15) is 33.5 Å². The first kappa shape index (κ1) is 83.4. The van der Waals surface area contributed by atoms with E-state index < -0.39 is 0 Å². The molecule has 18 aromatic carbocycles. The lowest BCUT2D eigenvalue weighted by Gasteiger charge is -2.10. The number of hydrogen-bond acceptors (Lipinski definition) is 15. The first-order valence-electron chi connectivity index (χ1n) is 46.6.